The number of benzene rings is 1. The van der Waals surface area contributed by atoms with Crippen molar-refractivity contribution in [3.63, 3.8) is 0 Å². The molecule has 0 aromatic heterocycles. The van der Waals surface area contributed by atoms with Crippen LogP contribution in [0.4, 0.5) is 0 Å². The summed E-state index contributed by atoms with van der Waals surface area (Å²) in [5.74, 6) is 0.772. The van der Waals surface area contributed by atoms with E-state index in [1.165, 1.54) is 31.4 Å². The fraction of sp³-hybridized carbons (Fsp3) is 0.700. The summed E-state index contributed by atoms with van der Waals surface area (Å²) in [6, 6.07) is 11.5. The maximum Gasteiger partial charge on any atom is 0.0236 e. The highest BCUT2D eigenvalue weighted by Crippen LogP contribution is 2.30. The summed E-state index contributed by atoms with van der Waals surface area (Å²) >= 11 is 0. The van der Waals surface area contributed by atoms with Gasteiger partial charge in [-0.3, -0.25) is 4.90 Å². The molecule has 1 aromatic carbocycles. The lowest BCUT2D eigenvalue weighted by molar-refractivity contribution is 0.0754. The van der Waals surface area contributed by atoms with Crippen LogP contribution in [0.15, 0.2) is 30.3 Å². The van der Waals surface area contributed by atoms with E-state index in [0.717, 1.165) is 12.5 Å². The molecule has 21 heavy (non-hydrogen) atoms. The molecule has 2 unspecified atom stereocenters. The summed E-state index contributed by atoms with van der Waals surface area (Å²) in [6.07, 6.45) is 3.83. The average Bonchev–Trinajstić information content (AvgIpc) is 2.47. The molecule has 0 saturated heterocycles. The SMILES string of the molecule is CCCC(C)CN(Cc1ccccc1)C(C)C(C)(C)CC. The van der Waals surface area contributed by atoms with Crippen molar-refractivity contribution in [3.8, 4) is 0 Å². The highest BCUT2D eigenvalue weighted by molar-refractivity contribution is 5.14. The second-order valence-corrected chi connectivity index (χ2v) is 7.33. The van der Waals surface area contributed by atoms with E-state index < -0.39 is 0 Å². The van der Waals surface area contributed by atoms with Crippen molar-refractivity contribution >= 4 is 0 Å². The first kappa shape index (κ1) is 18.2. The molecule has 0 saturated carbocycles. The van der Waals surface area contributed by atoms with Gasteiger partial charge in [-0.15, -0.1) is 0 Å². The summed E-state index contributed by atoms with van der Waals surface area (Å²) < 4.78 is 0. The van der Waals surface area contributed by atoms with Crippen LogP contribution in [0.3, 0.4) is 0 Å². The van der Waals surface area contributed by atoms with Crippen molar-refractivity contribution in [1.29, 1.82) is 0 Å². The maximum absolute atomic E-state index is 2.69. The quantitative estimate of drug-likeness (QED) is 0.559. The second-order valence-electron chi connectivity index (χ2n) is 7.33. The summed E-state index contributed by atoms with van der Waals surface area (Å²) in [5, 5.41) is 0. The molecule has 120 valence electrons. The lowest BCUT2D eigenvalue weighted by Crippen LogP contribution is -2.44. The zero-order valence-corrected chi connectivity index (χ0v) is 15.0. The summed E-state index contributed by atoms with van der Waals surface area (Å²) in [6.45, 7) is 16.5. The van der Waals surface area contributed by atoms with Gasteiger partial charge < -0.3 is 0 Å². The third-order valence-corrected chi connectivity index (χ3v) is 5.15. The Labute approximate surface area is 132 Å². The third-order valence-electron chi connectivity index (χ3n) is 5.15. The van der Waals surface area contributed by atoms with E-state index in [2.05, 4.69) is 76.8 Å². The van der Waals surface area contributed by atoms with Crippen LogP contribution in [0.5, 0.6) is 0 Å². The Morgan fingerprint density at radius 2 is 1.67 bits per heavy atom. The van der Waals surface area contributed by atoms with Crippen molar-refractivity contribution in [3.05, 3.63) is 35.9 Å². The topological polar surface area (TPSA) is 3.24 Å². The van der Waals surface area contributed by atoms with E-state index in [-0.39, 0.29) is 0 Å². The van der Waals surface area contributed by atoms with E-state index in [1.54, 1.807) is 0 Å². The van der Waals surface area contributed by atoms with Gasteiger partial charge in [0.25, 0.3) is 0 Å². The van der Waals surface area contributed by atoms with Gasteiger partial charge in [-0.2, -0.15) is 0 Å². The molecule has 0 heterocycles. The van der Waals surface area contributed by atoms with Gasteiger partial charge in [-0.25, -0.2) is 0 Å². The fourth-order valence-corrected chi connectivity index (χ4v) is 2.95. The van der Waals surface area contributed by atoms with Gasteiger partial charge >= 0.3 is 0 Å². The van der Waals surface area contributed by atoms with Gasteiger partial charge in [-0.05, 0) is 36.7 Å². The van der Waals surface area contributed by atoms with Crippen LogP contribution < -0.4 is 0 Å². The molecular weight excluding hydrogens is 254 g/mol. The van der Waals surface area contributed by atoms with E-state index in [4.69, 9.17) is 0 Å². The minimum Gasteiger partial charge on any atom is -0.296 e. The van der Waals surface area contributed by atoms with Crippen molar-refractivity contribution in [1.82, 2.24) is 4.90 Å². The predicted octanol–water partition coefficient (Wildman–Crippen LogP) is 5.75. The molecule has 0 aliphatic carbocycles. The molecule has 0 radical (unpaired) electrons. The third kappa shape index (κ3) is 5.82. The van der Waals surface area contributed by atoms with E-state index >= 15 is 0 Å². The van der Waals surface area contributed by atoms with Gasteiger partial charge in [-0.1, -0.05) is 71.4 Å². The Kier molecular flexibility index (Phi) is 7.45. The van der Waals surface area contributed by atoms with Crippen LogP contribution in [0.1, 0.15) is 66.4 Å². The van der Waals surface area contributed by atoms with Gasteiger partial charge in [0.05, 0.1) is 0 Å². The minimum absolute atomic E-state index is 0.362. The van der Waals surface area contributed by atoms with E-state index in [9.17, 15) is 0 Å². The molecule has 2 atom stereocenters. The Bertz CT molecular complexity index is 382. The molecule has 1 rings (SSSR count). The van der Waals surface area contributed by atoms with Crippen LogP contribution in [-0.4, -0.2) is 17.5 Å². The number of nitrogens with zero attached hydrogens (tertiary/aromatic N) is 1. The van der Waals surface area contributed by atoms with E-state index in [0.29, 0.717) is 11.5 Å². The van der Waals surface area contributed by atoms with Crippen LogP contribution in [-0.2, 0) is 6.54 Å². The molecular formula is C20H35N. The Hall–Kier alpha value is -0.820. The molecule has 0 fully saturated rings. The Morgan fingerprint density at radius 3 is 2.19 bits per heavy atom. The van der Waals surface area contributed by atoms with Gasteiger partial charge in [0.1, 0.15) is 0 Å². The van der Waals surface area contributed by atoms with Crippen LogP contribution in [0.2, 0.25) is 0 Å². The van der Waals surface area contributed by atoms with Crippen molar-refractivity contribution in [2.24, 2.45) is 11.3 Å². The van der Waals surface area contributed by atoms with Gasteiger partial charge in [0.2, 0.25) is 0 Å². The molecule has 0 bridgehead atoms. The average molecular weight is 290 g/mol. The fourth-order valence-electron chi connectivity index (χ4n) is 2.95. The zero-order valence-electron chi connectivity index (χ0n) is 15.0. The highest BCUT2D eigenvalue weighted by Gasteiger charge is 2.29. The first-order chi connectivity index (χ1) is 9.90. The summed E-state index contributed by atoms with van der Waals surface area (Å²) in [5.41, 5.74) is 1.79. The molecule has 0 amide bonds. The second kappa shape index (κ2) is 8.58. The van der Waals surface area contributed by atoms with Gasteiger partial charge in [0.15, 0.2) is 0 Å². The first-order valence-electron chi connectivity index (χ1n) is 8.68. The summed E-state index contributed by atoms with van der Waals surface area (Å²) in [4.78, 5) is 2.69. The Morgan fingerprint density at radius 1 is 1.05 bits per heavy atom. The monoisotopic (exact) mass is 289 g/mol. The highest BCUT2D eigenvalue weighted by atomic mass is 15.2. The van der Waals surface area contributed by atoms with Crippen molar-refractivity contribution in [2.75, 3.05) is 6.54 Å². The predicted molar refractivity (Wildman–Crippen MR) is 94.5 cm³/mol. The normalized spacial score (nSPS) is 15.2. The molecule has 1 nitrogen and oxygen atoms in total. The minimum atomic E-state index is 0.362. The largest absolute Gasteiger partial charge is 0.296 e. The van der Waals surface area contributed by atoms with Crippen LogP contribution >= 0.6 is 0 Å². The lowest BCUT2D eigenvalue weighted by Gasteiger charge is -2.41. The number of hydrogen-bond donors (Lipinski definition) is 0. The van der Waals surface area contributed by atoms with Crippen LogP contribution in [0, 0.1) is 11.3 Å². The molecule has 0 N–H and O–H groups in total. The molecule has 1 aromatic rings. The molecule has 1 heteroatoms. The lowest BCUT2D eigenvalue weighted by atomic mass is 9.81. The zero-order chi connectivity index (χ0) is 15.9. The Balaban J connectivity index is 2.83. The number of hydrogen-bond acceptors (Lipinski definition) is 1. The first-order valence-corrected chi connectivity index (χ1v) is 8.68. The maximum atomic E-state index is 2.69. The smallest absolute Gasteiger partial charge is 0.0236 e. The molecule has 0 spiro atoms. The molecule has 0 aliphatic heterocycles. The number of rotatable bonds is 9. The van der Waals surface area contributed by atoms with Crippen molar-refractivity contribution < 1.29 is 0 Å². The molecule has 0 aliphatic rings. The standard InChI is InChI=1S/C20H35N/c1-7-12-17(3)15-21(18(4)20(5,6)8-2)16-19-13-10-9-11-14-19/h9-11,13-14,17-18H,7-8,12,15-16H2,1-6H3. The van der Waals surface area contributed by atoms with Crippen molar-refractivity contribution in [2.45, 2.75) is 73.4 Å². The van der Waals surface area contributed by atoms with Crippen LogP contribution in [0.25, 0.3) is 0 Å². The summed E-state index contributed by atoms with van der Waals surface area (Å²) in [7, 11) is 0. The van der Waals surface area contributed by atoms with E-state index in [1.807, 2.05) is 0 Å². The van der Waals surface area contributed by atoms with Gasteiger partial charge in [0, 0.05) is 19.1 Å².